The van der Waals surface area contributed by atoms with E-state index in [9.17, 15) is 14.0 Å². The highest BCUT2D eigenvalue weighted by atomic mass is 32.1. The molecule has 3 aromatic heterocycles. The summed E-state index contributed by atoms with van der Waals surface area (Å²) >= 11 is 2.78. The second-order valence-electron chi connectivity index (χ2n) is 7.67. The number of imidazole rings is 1. The maximum atomic E-state index is 13.7. The zero-order chi connectivity index (χ0) is 22.4. The number of carbonyl (C=O) groups is 2. The summed E-state index contributed by atoms with van der Waals surface area (Å²) in [6.07, 6.45) is 2.63. The molecule has 0 spiro atoms. The van der Waals surface area contributed by atoms with Crippen LogP contribution in [-0.4, -0.2) is 50.2 Å². The van der Waals surface area contributed by atoms with Crippen molar-refractivity contribution in [2.75, 3.05) is 13.1 Å². The molecular formula is C22H20FN5O2S2. The van der Waals surface area contributed by atoms with Gasteiger partial charge in [-0.2, -0.15) is 0 Å². The van der Waals surface area contributed by atoms with Crippen LogP contribution in [0.2, 0.25) is 0 Å². The highest BCUT2D eigenvalue weighted by molar-refractivity contribution is 7.15. The number of likely N-dealkylation sites (tertiary alicyclic amines) is 1. The van der Waals surface area contributed by atoms with Gasteiger partial charge in [-0.15, -0.1) is 22.7 Å². The molecule has 0 aliphatic carbocycles. The van der Waals surface area contributed by atoms with Crippen molar-refractivity contribution in [2.45, 2.75) is 26.3 Å². The first-order valence-corrected chi connectivity index (χ1v) is 11.9. The van der Waals surface area contributed by atoms with Gasteiger partial charge in [0.1, 0.15) is 16.4 Å². The highest BCUT2D eigenvalue weighted by Crippen LogP contribution is 2.32. The normalized spacial score (nSPS) is 15.7. The number of hydrogen-bond acceptors (Lipinski definition) is 6. The molecule has 0 radical (unpaired) electrons. The van der Waals surface area contributed by atoms with Gasteiger partial charge in [-0.05, 0) is 32.4 Å². The van der Waals surface area contributed by atoms with Crippen molar-refractivity contribution in [3.8, 4) is 11.3 Å². The van der Waals surface area contributed by atoms with Gasteiger partial charge in [0.25, 0.3) is 11.8 Å². The van der Waals surface area contributed by atoms with E-state index < -0.39 is 0 Å². The lowest BCUT2D eigenvalue weighted by molar-refractivity contribution is 0.0461. The van der Waals surface area contributed by atoms with Crippen molar-refractivity contribution in [3.63, 3.8) is 0 Å². The first-order valence-electron chi connectivity index (χ1n) is 10.2. The SMILES string of the molecule is Cc1nc(-c2cccc(F)c2)c(C(=O)N2CCC2CNC(=O)c2c(C)nc3sccn23)s1. The van der Waals surface area contributed by atoms with Crippen molar-refractivity contribution in [3.05, 3.63) is 62.9 Å². The minimum atomic E-state index is -0.369. The van der Waals surface area contributed by atoms with Crippen molar-refractivity contribution < 1.29 is 14.0 Å². The van der Waals surface area contributed by atoms with E-state index in [4.69, 9.17) is 0 Å². The topological polar surface area (TPSA) is 79.6 Å². The minimum Gasteiger partial charge on any atom is -0.349 e. The predicted molar refractivity (Wildman–Crippen MR) is 122 cm³/mol. The Labute approximate surface area is 191 Å². The summed E-state index contributed by atoms with van der Waals surface area (Å²) in [5.74, 6) is -0.714. The third-order valence-electron chi connectivity index (χ3n) is 5.58. The molecule has 164 valence electrons. The molecule has 7 nitrogen and oxygen atoms in total. The number of benzene rings is 1. The van der Waals surface area contributed by atoms with E-state index in [2.05, 4.69) is 15.3 Å². The van der Waals surface area contributed by atoms with Crippen LogP contribution in [0.25, 0.3) is 16.2 Å². The Hall–Kier alpha value is -3.11. The summed E-state index contributed by atoms with van der Waals surface area (Å²) in [5, 5.41) is 5.59. The van der Waals surface area contributed by atoms with Crippen LogP contribution in [0.5, 0.6) is 0 Å². The molecule has 1 aliphatic rings. The summed E-state index contributed by atoms with van der Waals surface area (Å²) in [7, 11) is 0. The van der Waals surface area contributed by atoms with Crippen molar-refractivity contribution in [1.82, 2.24) is 24.6 Å². The van der Waals surface area contributed by atoms with Gasteiger partial charge in [0.05, 0.1) is 22.4 Å². The molecule has 0 bridgehead atoms. The Morgan fingerprint density at radius 1 is 1.28 bits per heavy atom. The number of carbonyl (C=O) groups excluding carboxylic acids is 2. The van der Waals surface area contributed by atoms with Crippen LogP contribution < -0.4 is 5.32 Å². The monoisotopic (exact) mass is 469 g/mol. The molecule has 1 N–H and O–H groups in total. The lowest BCUT2D eigenvalue weighted by Crippen LogP contribution is -2.55. The fourth-order valence-electron chi connectivity index (χ4n) is 3.92. The van der Waals surface area contributed by atoms with Gasteiger partial charge in [-0.1, -0.05) is 12.1 Å². The van der Waals surface area contributed by atoms with E-state index in [1.807, 2.05) is 25.4 Å². The molecule has 1 unspecified atom stereocenters. The zero-order valence-corrected chi connectivity index (χ0v) is 19.1. The summed E-state index contributed by atoms with van der Waals surface area (Å²) in [6, 6.07) is 6.02. The van der Waals surface area contributed by atoms with Crippen molar-refractivity contribution in [2.24, 2.45) is 0 Å². The molecule has 1 atom stereocenters. The predicted octanol–water partition coefficient (Wildman–Crippen LogP) is 3.92. The smallest absolute Gasteiger partial charge is 0.270 e. The van der Waals surface area contributed by atoms with Crippen LogP contribution in [-0.2, 0) is 0 Å². The first-order chi connectivity index (χ1) is 15.4. The number of thiazole rings is 2. The number of nitrogens with zero attached hydrogens (tertiary/aromatic N) is 4. The fourth-order valence-corrected chi connectivity index (χ4v) is 5.57. The Morgan fingerprint density at radius 2 is 2.12 bits per heavy atom. The van der Waals surface area contributed by atoms with E-state index in [0.717, 1.165) is 16.4 Å². The molecule has 2 amide bonds. The lowest BCUT2D eigenvalue weighted by atomic mass is 10.0. The molecule has 10 heteroatoms. The summed E-state index contributed by atoms with van der Waals surface area (Å²) in [4.78, 5) is 38.0. The van der Waals surface area contributed by atoms with Crippen LogP contribution in [0.1, 0.15) is 37.3 Å². The van der Waals surface area contributed by atoms with Crippen LogP contribution in [0.3, 0.4) is 0 Å². The Morgan fingerprint density at radius 3 is 2.88 bits per heavy atom. The number of nitrogens with one attached hydrogen (secondary N) is 1. The fraction of sp³-hybridized carbons (Fsp3) is 0.273. The number of aromatic nitrogens is 3. The molecule has 0 saturated carbocycles. The average molecular weight is 470 g/mol. The second-order valence-corrected chi connectivity index (χ2v) is 9.75. The van der Waals surface area contributed by atoms with E-state index in [0.29, 0.717) is 40.6 Å². The quantitative estimate of drug-likeness (QED) is 0.481. The van der Waals surface area contributed by atoms with Crippen LogP contribution >= 0.6 is 22.7 Å². The molecule has 1 fully saturated rings. The van der Waals surface area contributed by atoms with Gasteiger partial charge in [0.2, 0.25) is 0 Å². The summed E-state index contributed by atoms with van der Waals surface area (Å²) in [5.41, 5.74) is 2.28. The van der Waals surface area contributed by atoms with Crippen LogP contribution in [0, 0.1) is 19.7 Å². The summed E-state index contributed by atoms with van der Waals surface area (Å²) in [6.45, 7) is 4.61. The Balaban J connectivity index is 1.31. The molecule has 4 heterocycles. The first kappa shape index (κ1) is 20.8. The van der Waals surface area contributed by atoms with Crippen molar-refractivity contribution in [1.29, 1.82) is 0 Å². The van der Waals surface area contributed by atoms with E-state index in [1.165, 1.54) is 34.8 Å². The Bertz CT molecular complexity index is 1340. The standard InChI is InChI=1S/C22H20FN5O2S2/c1-12-18(28-8-9-31-22(28)25-12)20(29)24-11-16-6-7-27(16)21(30)19-17(26-13(2)32-19)14-4-3-5-15(23)10-14/h3-5,8-10,16H,6-7,11H2,1-2H3,(H,24,29). The minimum absolute atomic E-state index is 0.0968. The number of hydrogen-bond donors (Lipinski definition) is 1. The third-order valence-corrected chi connectivity index (χ3v) is 7.30. The van der Waals surface area contributed by atoms with Gasteiger partial charge in [0.15, 0.2) is 4.96 Å². The summed E-state index contributed by atoms with van der Waals surface area (Å²) < 4.78 is 15.5. The lowest BCUT2D eigenvalue weighted by Gasteiger charge is -2.41. The third kappa shape index (κ3) is 3.59. The number of rotatable bonds is 5. The number of fused-ring (bicyclic) bond motifs is 1. The van der Waals surface area contributed by atoms with E-state index >= 15 is 0 Å². The largest absolute Gasteiger partial charge is 0.349 e. The molecule has 1 aromatic carbocycles. The van der Waals surface area contributed by atoms with Gasteiger partial charge in [0, 0.05) is 30.2 Å². The molecule has 32 heavy (non-hydrogen) atoms. The molecule has 5 rings (SSSR count). The number of aryl methyl sites for hydroxylation is 2. The molecular weight excluding hydrogens is 449 g/mol. The maximum Gasteiger partial charge on any atom is 0.270 e. The van der Waals surface area contributed by atoms with Gasteiger partial charge >= 0.3 is 0 Å². The maximum absolute atomic E-state index is 13.7. The second kappa shape index (κ2) is 8.10. The highest BCUT2D eigenvalue weighted by Gasteiger charge is 2.35. The van der Waals surface area contributed by atoms with Gasteiger partial charge < -0.3 is 10.2 Å². The van der Waals surface area contributed by atoms with Crippen molar-refractivity contribution >= 4 is 39.4 Å². The molecule has 1 aliphatic heterocycles. The average Bonchev–Trinajstić information content (AvgIpc) is 3.41. The number of halogens is 1. The van der Waals surface area contributed by atoms with Gasteiger partial charge in [-0.25, -0.2) is 14.4 Å². The van der Waals surface area contributed by atoms with E-state index in [1.54, 1.807) is 21.4 Å². The number of amides is 2. The molecule has 4 aromatic rings. The molecule has 1 saturated heterocycles. The Kier molecular flexibility index (Phi) is 5.26. The van der Waals surface area contributed by atoms with Crippen LogP contribution in [0.15, 0.2) is 35.8 Å². The van der Waals surface area contributed by atoms with E-state index in [-0.39, 0.29) is 23.7 Å². The van der Waals surface area contributed by atoms with Gasteiger partial charge in [-0.3, -0.25) is 14.0 Å². The zero-order valence-electron chi connectivity index (χ0n) is 17.5. The van der Waals surface area contributed by atoms with Crippen LogP contribution in [0.4, 0.5) is 4.39 Å².